The van der Waals surface area contributed by atoms with E-state index in [2.05, 4.69) is 5.32 Å². The number of hydrogen-bond acceptors (Lipinski definition) is 7. The highest BCUT2D eigenvalue weighted by Crippen LogP contribution is 2.45. The van der Waals surface area contributed by atoms with Gasteiger partial charge in [-0.05, 0) is 48.7 Å². The molecule has 1 N–H and O–H groups in total. The Labute approximate surface area is 226 Å². The summed E-state index contributed by atoms with van der Waals surface area (Å²) in [5.74, 6) is -0.460. The molecule has 3 aromatic carbocycles. The third-order valence-corrected chi connectivity index (χ3v) is 7.02. The summed E-state index contributed by atoms with van der Waals surface area (Å²) in [6.07, 6.45) is 0.0998. The quantitative estimate of drug-likeness (QED) is 0.444. The number of nitrogens with one attached hydrogen (secondary N) is 1. The van der Waals surface area contributed by atoms with Gasteiger partial charge in [0.2, 0.25) is 12.7 Å². The standard InChI is InChI=1S/C30H30N2O7/c1-19-8-10-20(11-9-19)16-31-29(34)24-15-23(30(35)36-2)28(21-12-13-25-26(14-21)39-18-38-25)32(24)27(33)17-37-22-6-4-3-5-7-22/h3-14,23-24,28H,15-18H2,1-2H3,(H,31,34). The average molecular weight is 531 g/mol. The Hall–Kier alpha value is -4.53. The van der Waals surface area contributed by atoms with Gasteiger partial charge in [0.25, 0.3) is 5.91 Å². The minimum Gasteiger partial charge on any atom is -0.484 e. The minimum atomic E-state index is -0.915. The molecule has 2 heterocycles. The van der Waals surface area contributed by atoms with Crippen molar-refractivity contribution in [3.05, 3.63) is 89.5 Å². The maximum atomic E-state index is 13.7. The molecule has 2 aliphatic heterocycles. The lowest BCUT2D eigenvalue weighted by Crippen LogP contribution is -2.48. The van der Waals surface area contributed by atoms with Gasteiger partial charge in [0.1, 0.15) is 11.8 Å². The molecule has 9 heteroatoms. The predicted molar refractivity (Wildman–Crippen MR) is 141 cm³/mol. The number of hydrogen-bond donors (Lipinski definition) is 1. The first-order valence-electron chi connectivity index (χ1n) is 12.7. The third kappa shape index (κ3) is 5.67. The number of ether oxygens (including phenoxy) is 4. The molecule has 1 fully saturated rings. The van der Waals surface area contributed by atoms with Crippen molar-refractivity contribution in [1.82, 2.24) is 10.2 Å². The molecule has 3 unspecified atom stereocenters. The number of carbonyl (C=O) groups excluding carboxylic acids is 3. The Morgan fingerprint density at radius 1 is 0.974 bits per heavy atom. The molecule has 0 bridgehead atoms. The van der Waals surface area contributed by atoms with Crippen LogP contribution in [-0.2, 0) is 25.7 Å². The number of rotatable bonds is 8. The Morgan fingerprint density at radius 3 is 2.46 bits per heavy atom. The van der Waals surface area contributed by atoms with E-state index in [0.29, 0.717) is 22.8 Å². The Bertz CT molecular complexity index is 1340. The van der Waals surface area contributed by atoms with E-state index in [-0.39, 0.29) is 32.3 Å². The van der Waals surface area contributed by atoms with E-state index < -0.39 is 29.9 Å². The van der Waals surface area contributed by atoms with Crippen LogP contribution in [0.3, 0.4) is 0 Å². The molecule has 0 spiro atoms. The molecular weight excluding hydrogens is 500 g/mol. The summed E-state index contributed by atoms with van der Waals surface area (Å²) < 4.78 is 21.8. The Balaban J connectivity index is 1.45. The molecule has 3 atom stereocenters. The van der Waals surface area contributed by atoms with E-state index in [1.165, 1.54) is 12.0 Å². The normalized spacial score (nSPS) is 19.4. The summed E-state index contributed by atoms with van der Waals surface area (Å²) in [6, 6.07) is 20.3. The molecule has 3 aromatic rings. The van der Waals surface area contributed by atoms with Gasteiger partial charge >= 0.3 is 5.97 Å². The maximum Gasteiger partial charge on any atom is 0.311 e. The molecule has 2 amide bonds. The summed E-state index contributed by atoms with van der Waals surface area (Å²) in [5.41, 5.74) is 2.68. The zero-order valence-corrected chi connectivity index (χ0v) is 21.8. The molecule has 39 heavy (non-hydrogen) atoms. The fraction of sp³-hybridized carbons (Fsp3) is 0.300. The fourth-order valence-corrected chi connectivity index (χ4v) is 5.05. The molecule has 0 aliphatic carbocycles. The summed E-state index contributed by atoms with van der Waals surface area (Å²) in [5, 5.41) is 2.94. The number of aryl methyl sites for hydroxylation is 1. The smallest absolute Gasteiger partial charge is 0.311 e. The van der Waals surface area contributed by atoms with Crippen LogP contribution in [0, 0.1) is 12.8 Å². The van der Waals surface area contributed by atoms with E-state index in [0.717, 1.165) is 11.1 Å². The number of esters is 1. The third-order valence-electron chi connectivity index (χ3n) is 7.02. The van der Waals surface area contributed by atoms with Gasteiger partial charge in [0.15, 0.2) is 18.1 Å². The first-order chi connectivity index (χ1) is 18.9. The van der Waals surface area contributed by atoms with Crippen LogP contribution in [-0.4, -0.2) is 49.2 Å². The summed E-state index contributed by atoms with van der Waals surface area (Å²) >= 11 is 0. The van der Waals surface area contributed by atoms with Crippen LogP contribution in [0.25, 0.3) is 0 Å². The molecule has 202 valence electrons. The Kier molecular flexibility index (Phi) is 7.67. The largest absolute Gasteiger partial charge is 0.484 e. The van der Waals surface area contributed by atoms with Gasteiger partial charge in [0.05, 0.1) is 19.1 Å². The first-order valence-corrected chi connectivity index (χ1v) is 12.7. The summed E-state index contributed by atoms with van der Waals surface area (Å²) in [6.45, 7) is 2.06. The van der Waals surface area contributed by atoms with Crippen LogP contribution < -0.4 is 19.5 Å². The van der Waals surface area contributed by atoms with Crippen molar-refractivity contribution in [3.63, 3.8) is 0 Å². The van der Waals surface area contributed by atoms with Crippen molar-refractivity contribution >= 4 is 17.8 Å². The second kappa shape index (κ2) is 11.5. The van der Waals surface area contributed by atoms with Crippen molar-refractivity contribution in [2.45, 2.75) is 32.0 Å². The highest BCUT2D eigenvalue weighted by atomic mass is 16.7. The SMILES string of the molecule is COC(=O)C1CC(C(=O)NCc2ccc(C)cc2)N(C(=O)COc2ccccc2)C1c1ccc2c(c1)OCO2. The van der Waals surface area contributed by atoms with E-state index in [9.17, 15) is 14.4 Å². The second-order valence-corrected chi connectivity index (χ2v) is 9.54. The van der Waals surface area contributed by atoms with Crippen LogP contribution >= 0.6 is 0 Å². The van der Waals surface area contributed by atoms with Crippen molar-refractivity contribution in [2.24, 2.45) is 5.92 Å². The zero-order valence-electron chi connectivity index (χ0n) is 21.8. The van der Waals surface area contributed by atoms with Crippen molar-refractivity contribution in [3.8, 4) is 17.2 Å². The van der Waals surface area contributed by atoms with Crippen LogP contribution in [0.1, 0.15) is 29.2 Å². The van der Waals surface area contributed by atoms with Crippen LogP contribution in [0.2, 0.25) is 0 Å². The van der Waals surface area contributed by atoms with Gasteiger partial charge in [0, 0.05) is 6.54 Å². The number of methoxy groups -OCH3 is 1. The van der Waals surface area contributed by atoms with Gasteiger partial charge in [-0.15, -0.1) is 0 Å². The van der Waals surface area contributed by atoms with Gasteiger partial charge in [-0.25, -0.2) is 0 Å². The molecule has 0 aromatic heterocycles. The molecule has 2 aliphatic rings. The van der Waals surface area contributed by atoms with E-state index in [4.69, 9.17) is 18.9 Å². The fourth-order valence-electron chi connectivity index (χ4n) is 5.05. The Morgan fingerprint density at radius 2 is 1.72 bits per heavy atom. The minimum absolute atomic E-state index is 0.0848. The topological polar surface area (TPSA) is 103 Å². The predicted octanol–water partition coefficient (Wildman–Crippen LogP) is 3.55. The van der Waals surface area contributed by atoms with E-state index >= 15 is 0 Å². The second-order valence-electron chi connectivity index (χ2n) is 9.54. The monoisotopic (exact) mass is 530 g/mol. The number of carbonyl (C=O) groups is 3. The average Bonchev–Trinajstić information content (AvgIpc) is 3.60. The van der Waals surface area contributed by atoms with E-state index in [1.807, 2.05) is 37.3 Å². The number of benzene rings is 3. The number of nitrogens with zero attached hydrogens (tertiary/aromatic N) is 1. The molecule has 0 radical (unpaired) electrons. The van der Waals surface area contributed by atoms with Gasteiger partial charge in [-0.3, -0.25) is 14.4 Å². The number of para-hydroxylation sites is 1. The first kappa shape index (κ1) is 26.1. The lowest BCUT2D eigenvalue weighted by Gasteiger charge is -2.31. The van der Waals surface area contributed by atoms with Crippen LogP contribution in [0.4, 0.5) is 0 Å². The van der Waals surface area contributed by atoms with Gasteiger partial charge in [-0.2, -0.15) is 0 Å². The molecule has 1 saturated heterocycles. The van der Waals surface area contributed by atoms with Crippen molar-refractivity contribution in [2.75, 3.05) is 20.5 Å². The van der Waals surface area contributed by atoms with Crippen LogP contribution in [0.5, 0.6) is 17.2 Å². The van der Waals surface area contributed by atoms with Gasteiger partial charge < -0.3 is 29.2 Å². The molecule has 9 nitrogen and oxygen atoms in total. The molecule has 0 saturated carbocycles. The summed E-state index contributed by atoms with van der Waals surface area (Å²) in [7, 11) is 1.30. The number of amides is 2. The molecular formula is C30H30N2O7. The number of likely N-dealkylation sites (tertiary alicyclic amines) is 1. The lowest BCUT2D eigenvalue weighted by atomic mass is 9.92. The zero-order chi connectivity index (χ0) is 27.4. The highest BCUT2D eigenvalue weighted by molar-refractivity contribution is 5.91. The van der Waals surface area contributed by atoms with E-state index in [1.54, 1.807) is 42.5 Å². The van der Waals surface area contributed by atoms with Crippen LogP contribution in [0.15, 0.2) is 72.8 Å². The van der Waals surface area contributed by atoms with Crippen molar-refractivity contribution < 1.29 is 33.3 Å². The lowest BCUT2D eigenvalue weighted by molar-refractivity contribution is -0.148. The van der Waals surface area contributed by atoms with Gasteiger partial charge in [-0.1, -0.05) is 54.1 Å². The maximum absolute atomic E-state index is 13.7. The van der Waals surface area contributed by atoms with Crippen molar-refractivity contribution in [1.29, 1.82) is 0 Å². The number of fused-ring (bicyclic) bond motifs is 1. The summed E-state index contributed by atoms with van der Waals surface area (Å²) in [4.78, 5) is 41.7. The highest BCUT2D eigenvalue weighted by Gasteiger charge is 2.51. The molecule has 5 rings (SSSR count).